The lowest BCUT2D eigenvalue weighted by Crippen LogP contribution is -2.22. The number of ether oxygens (including phenoxy) is 3. The van der Waals surface area contributed by atoms with E-state index >= 15 is 0 Å². The summed E-state index contributed by atoms with van der Waals surface area (Å²) in [6.45, 7) is 1.59. The van der Waals surface area contributed by atoms with Crippen LogP contribution in [0.15, 0.2) is 0 Å². The van der Waals surface area contributed by atoms with Crippen molar-refractivity contribution in [1.29, 1.82) is 0 Å². The van der Waals surface area contributed by atoms with Crippen molar-refractivity contribution in [2.45, 2.75) is 57.0 Å². The highest BCUT2D eigenvalue weighted by atomic mass is 16.7. The molecule has 0 N–H and O–H groups in total. The molecule has 0 radical (unpaired) electrons. The summed E-state index contributed by atoms with van der Waals surface area (Å²) in [5, 5.41) is 0. The molecule has 3 atom stereocenters. The minimum Gasteiger partial charge on any atom is -0.362 e. The molecule has 2 rings (SSSR count). The number of unbranched alkanes of at least 4 members (excludes halogenated alkanes) is 1. The maximum absolute atomic E-state index is 10.3. The second-order valence-corrected chi connectivity index (χ2v) is 4.44. The minimum atomic E-state index is -0.123. The van der Waals surface area contributed by atoms with Gasteiger partial charge in [-0.05, 0) is 38.5 Å². The molecule has 16 heavy (non-hydrogen) atoms. The lowest BCUT2D eigenvalue weighted by Gasteiger charge is -2.22. The molecule has 0 aromatic rings. The van der Waals surface area contributed by atoms with Gasteiger partial charge in [0, 0.05) is 13.2 Å². The van der Waals surface area contributed by atoms with E-state index in [1.54, 1.807) is 0 Å². The molecule has 0 aromatic carbocycles. The van der Waals surface area contributed by atoms with Crippen molar-refractivity contribution in [3.8, 4) is 0 Å². The van der Waals surface area contributed by atoms with Crippen LogP contribution in [0, 0.1) is 0 Å². The lowest BCUT2D eigenvalue weighted by atomic mass is 10.1. The topological polar surface area (TPSA) is 48.1 Å². The number of hydrogen-bond acceptors (Lipinski definition) is 4. The molecular weight excluding hydrogens is 208 g/mol. The van der Waals surface area contributed by atoms with Crippen LogP contribution in [0.3, 0.4) is 0 Å². The van der Waals surface area contributed by atoms with E-state index in [-0.39, 0.29) is 18.5 Å². The average Bonchev–Trinajstić information content (AvgIpc) is 3.09. The zero-order valence-corrected chi connectivity index (χ0v) is 9.60. The summed E-state index contributed by atoms with van der Waals surface area (Å²) in [5.74, 6) is 0. The first-order valence-electron chi connectivity index (χ1n) is 6.24. The predicted molar refractivity (Wildman–Crippen MR) is 58.1 cm³/mol. The van der Waals surface area contributed by atoms with Gasteiger partial charge in [-0.15, -0.1) is 0 Å². The average molecular weight is 228 g/mol. The number of hydrogen-bond donors (Lipinski definition) is 0. The van der Waals surface area contributed by atoms with Gasteiger partial charge in [0.05, 0.1) is 6.10 Å². The van der Waals surface area contributed by atoms with Crippen LogP contribution in [0.2, 0.25) is 0 Å². The molecule has 92 valence electrons. The number of carbonyl (C=O) groups excluding carboxylic acids is 1. The Kier molecular flexibility index (Phi) is 4.75. The molecule has 0 amide bonds. The summed E-state index contributed by atoms with van der Waals surface area (Å²) in [6, 6.07) is 0. The van der Waals surface area contributed by atoms with Crippen LogP contribution in [0.25, 0.3) is 0 Å². The minimum absolute atomic E-state index is 0.0219. The smallest absolute Gasteiger partial charge is 0.157 e. The van der Waals surface area contributed by atoms with Crippen LogP contribution < -0.4 is 0 Å². The van der Waals surface area contributed by atoms with Crippen molar-refractivity contribution in [3.05, 3.63) is 0 Å². The summed E-state index contributed by atoms with van der Waals surface area (Å²) in [4.78, 5) is 10.3. The zero-order chi connectivity index (χ0) is 11.2. The van der Waals surface area contributed by atoms with Gasteiger partial charge in [0.1, 0.15) is 6.10 Å². The van der Waals surface area contributed by atoms with E-state index in [0.717, 1.165) is 51.6 Å². The third kappa shape index (κ3) is 3.85. The maximum atomic E-state index is 10.3. The van der Waals surface area contributed by atoms with Gasteiger partial charge in [-0.25, -0.2) is 0 Å². The fourth-order valence-electron chi connectivity index (χ4n) is 2.01. The second-order valence-electron chi connectivity index (χ2n) is 4.44. The first-order valence-corrected chi connectivity index (χ1v) is 6.24. The summed E-state index contributed by atoms with van der Waals surface area (Å²) in [5.41, 5.74) is 0. The highest BCUT2D eigenvalue weighted by Crippen LogP contribution is 2.25. The molecule has 4 nitrogen and oxygen atoms in total. The number of epoxide rings is 1. The monoisotopic (exact) mass is 228 g/mol. The van der Waals surface area contributed by atoms with Crippen molar-refractivity contribution >= 4 is 6.29 Å². The van der Waals surface area contributed by atoms with Gasteiger partial charge in [-0.2, -0.15) is 0 Å². The molecule has 2 heterocycles. The summed E-state index contributed by atoms with van der Waals surface area (Å²) < 4.78 is 16.2. The normalized spacial score (nSPS) is 33.6. The van der Waals surface area contributed by atoms with E-state index in [4.69, 9.17) is 14.2 Å². The van der Waals surface area contributed by atoms with Crippen LogP contribution >= 0.6 is 0 Å². The molecule has 0 aromatic heterocycles. The summed E-state index contributed by atoms with van der Waals surface area (Å²) >= 11 is 0. The lowest BCUT2D eigenvalue weighted by molar-refractivity contribution is -0.162. The predicted octanol–water partition coefficient (Wildman–Crippen LogP) is 1.67. The summed E-state index contributed by atoms with van der Waals surface area (Å²) in [6.07, 6.45) is 7.41. The van der Waals surface area contributed by atoms with Crippen molar-refractivity contribution < 1.29 is 19.0 Å². The van der Waals surface area contributed by atoms with Crippen molar-refractivity contribution in [2.24, 2.45) is 0 Å². The number of rotatable bonds is 7. The molecule has 2 fully saturated rings. The Morgan fingerprint density at radius 3 is 2.94 bits per heavy atom. The second kappa shape index (κ2) is 6.33. The molecule has 0 bridgehead atoms. The molecule has 0 saturated carbocycles. The Balaban J connectivity index is 1.41. The third-order valence-electron chi connectivity index (χ3n) is 3.08. The molecule has 2 aliphatic heterocycles. The Morgan fingerprint density at radius 2 is 2.25 bits per heavy atom. The molecule has 0 aliphatic carbocycles. The molecule has 0 spiro atoms. The largest absolute Gasteiger partial charge is 0.362 e. The first-order chi connectivity index (χ1) is 7.90. The Bertz CT molecular complexity index is 213. The molecule has 2 aliphatic rings. The van der Waals surface area contributed by atoms with E-state index in [0.29, 0.717) is 0 Å². The van der Waals surface area contributed by atoms with Crippen molar-refractivity contribution in [3.63, 3.8) is 0 Å². The highest BCUT2D eigenvalue weighted by molar-refractivity contribution is 5.60. The zero-order valence-electron chi connectivity index (χ0n) is 9.60. The van der Waals surface area contributed by atoms with Crippen LogP contribution in [0.1, 0.15) is 38.5 Å². The summed E-state index contributed by atoms with van der Waals surface area (Å²) in [7, 11) is 0. The SMILES string of the molecule is O=C[C@@H]1O[C@H]1CCCCOC1CCCCO1. The van der Waals surface area contributed by atoms with Crippen molar-refractivity contribution in [2.75, 3.05) is 13.2 Å². The number of aldehydes is 1. The van der Waals surface area contributed by atoms with Crippen LogP contribution in [0.5, 0.6) is 0 Å². The molecular formula is C12H20O4. The fraction of sp³-hybridized carbons (Fsp3) is 0.917. The highest BCUT2D eigenvalue weighted by Gasteiger charge is 2.37. The Morgan fingerprint density at radius 1 is 1.31 bits per heavy atom. The van der Waals surface area contributed by atoms with Gasteiger partial charge in [0.15, 0.2) is 12.6 Å². The maximum Gasteiger partial charge on any atom is 0.157 e. The standard InChI is InChI=1S/C12H20O4/c13-9-11-10(16-11)5-1-3-7-14-12-6-2-4-8-15-12/h9-12H,1-8H2/t10-,11-,12?/m0/s1. The molecule has 4 heteroatoms. The first kappa shape index (κ1) is 12.0. The van der Waals surface area contributed by atoms with Crippen LogP contribution in [-0.4, -0.2) is 38.0 Å². The number of carbonyl (C=O) groups is 1. The van der Waals surface area contributed by atoms with Gasteiger partial charge < -0.3 is 19.0 Å². The third-order valence-corrected chi connectivity index (χ3v) is 3.08. The van der Waals surface area contributed by atoms with E-state index in [9.17, 15) is 4.79 Å². The van der Waals surface area contributed by atoms with Gasteiger partial charge >= 0.3 is 0 Å². The molecule has 1 unspecified atom stereocenters. The molecule has 2 saturated heterocycles. The van der Waals surface area contributed by atoms with E-state index in [1.807, 2.05) is 0 Å². The van der Waals surface area contributed by atoms with Gasteiger partial charge in [0.25, 0.3) is 0 Å². The fourth-order valence-corrected chi connectivity index (χ4v) is 2.01. The van der Waals surface area contributed by atoms with Gasteiger partial charge in [-0.3, -0.25) is 0 Å². The Labute approximate surface area is 96.2 Å². The van der Waals surface area contributed by atoms with E-state index < -0.39 is 0 Å². The van der Waals surface area contributed by atoms with Gasteiger partial charge in [0.2, 0.25) is 0 Å². The van der Waals surface area contributed by atoms with Crippen molar-refractivity contribution in [1.82, 2.24) is 0 Å². The van der Waals surface area contributed by atoms with E-state index in [1.165, 1.54) is 6.42 Å². The van der Waals surface area contributed by atoms with Crippen LogP contribution in [-0.2, 0) is 19.0 Å². The quantitative estimate of drug-likeness (QED) is 0.378. The van der Waals surface area contributed by atoms with Crippen LogP contribution in [0.4, 0.5) is 0 Å². The van der Waals surface area contributed by atoms with E-state index in [2.05, 4.69) is 0 Å². The Hall–Kier alpha value is -0.450. The van der Waals surface area contributed by atoms with Gasteiger partial charge in [-0.1, -0.05) is 0 Å².